The summed E-state index contributed by atoms with van der Waals surface area (Å²) in [6.07, 6.45) is 3.51. The maximum Gasteiger partial charge on any atom is 0.326 e. The quantitative estimate of drug-likeness (QED) is 0.587. The van der Waals surface area contributed by atoms with Crippen LogP contribution < -0.4 is 10.6 Å². The standard InChI is InChI=1S/C11H20N2O5S/c1-19(17,18)7-5-9(11(15)16)13-10(14)8-4-2-3-6-12-8/h8-9,12H,2-7H2,1H3,(H,13,14)(H,15,16). The fraction of sp³-hybridized carbons (Fsp3) is 0.818. The van der Waals surface area contributed by atoms with Crippen LogP contribution in [0.25, 0.3) is 0 Å². The first-order valence-electron chi connectivity index (χ1n) is 6.24. The Labute approximate surface area is 112 Å². The van der Waals surface area contributed by atoms with Crippen molar-refractivity contribution in [3.05, 3.63) is 0 Å². The summed E-state index contributed by atoms with van der Waals surface area (Å²) in [7, 11) is -3.24. The van der Waals surface area contributed by atoms with Crippen LogP contribution in [-0.2, 0) is 19.4 Å². The lowest BCUT2D eigenvalue weighted by Crippen LogP contribution is -2.51. The largest absolute Gasteiger partial charge is 0.480 e. The Kier molecular flexibility index (Phi) is 5.74. The highest BCUT2D eigenvalue weighted by molar-refractivity contribution is 7.90. The van der Waals surface area contributed by atoms with Gasteiger partial charge in [-0.2, -0.15) is 0 Å². The van der Waals surface area contributed by atoms with Crippen molar-refractivity contribution in [2.75, 3.05) is 18.6 Å². The van der Waals surface area contributed by atoms with E-state index < -0.39 is 21.8 Å². The van der Waals surface area contributed by atoms with Crippen LogP contribution in [0.1, 0.15) is 25.7 Å². The zero-order valence-corrected chi connectivity index (χ0v) is 11.7. The van der Waals surface area contributed by atoms with Gasteiger partial charge in [-0.1, -0.05) is 6.42 Å². The van der Waals surface area contributed by atoms with Gasteiger partial charge in [0.25, 0.3) is 0 Å². The van der Waals surface area contributed by atoms with Gasteiger partial charge in [-0.25, -0.2) is 13.2 Å². The Morgan fingerprint density at radius 1 is 1.42 bits per heavy atom. The number of carboxylic acid groups (broad SMARTS) is 1. The third kappa shape index (κ3) is 6.02. The Hall–Kier alpha value is -1.15. The summed E-state index contributed by atoms with van der Waals surface area (Å²) in [5.74, 6) is -1.85. The molecule has 0 saturated carbocycles. The van der Waals surface area contributed by atoms with E-state index in [-0.39, 0.29) is 24.1 Å². The maximum atomic E-state index is 11.9. The number of sulfone groups is 1. The van der Waals surface area contributed by atoms with Gasteiger partial charge in [0, 0.05) is 6.26 Å². The van der Waals surface area contributed by atoms with Crippen molar-refractivity contribution in [1.82, 2.24) is 10.6 Å². The fourth-order valence-corrected chi connectivity index (χ4v) is 2.60. The summed E-state index contributed by atoms with van der Waals surface area (Å²) < 4.78 is 22.1. The molecule has 0 bridgehead atoms. The Bertz CT molecular complexity index is 428. The number of rotatable bonds is 6. The molecule has 1 amide bonds. The normalized spacial score (nSPS) is 21.6. The molecule has 1 rings (SSSR count). The number of piperidine rings is 1. The minimum Gasteiger partial charge on any atom is -0.480 e. The van der Waals surface area contributed by atoms with Crippen molar-refractivity contribution in [2.24, 2.45) is 0 Å². The van der Waals surface area contributed by atoms with Crippen LogP contribution in [0.15, 0.2) is 0 Å². The van der Waals surface area contributed by atoms with Crippen LogP contribution >= 0.6 is 0 Å². The summed E-state index contributed by atoms with van der Waals surface area (Å²) in [4.78, 5) is 22.9. The number of hydrogen-bond donors (Lipinski definition) is 3. The third-order valence-electron chi connectivity index (χ3n) is 3.02. The highest BCUT2D eigenvalue weighted by Crippen LogP contribution is 2.07. The highest BCUT2D eigenvalue weighted by Gasteiger charge is 2.26. The van der Waals surface area contributed by atoms with Crippen LogP contribution in [0.2, 0.25) is 0 Å². The fourth-order valence-electron chi connectivity index (χ4n) is 1.94. The number of carbonyl (C=O) groups excluding carboxylic acids is 1. The van der Waals surface area contributed by atoms with E-state index in [0.29, 0.717) is 6.42 Å². The highest BCUT2D eigenvalue weighted by atomic mass is 32.2. The molecule has 1 fully saturated rings. The number of carboxylic acids is 1. The topological polar surface area (TPSA) is 113 Å². The first-order valence-corrected chi connectivity index (χ1v) is 8.30. The SMILES string of the molecule is CS(=O)(=O)CCC(NC(=O)C1CCCCN1)C(=O)O. The van der Waals surface area contributed by atoms with Gasteiger partial charge < -0.3 is 15.7 Å². The maximum absolute atomic E-state index is 11.9. The van der Waals surface area contributed by atoms with Crippen molar-refractivity contribution in [3.8, 4) is 0 Å². The molecular formula is C11H20N2O5S. The molecule has 0 aromatic rings. The summed E-state index contributed by atoms with van der Waals surface area (Å²) >= 11 is 0. The molecule has 2 unspecified atom stereocenters. The van der Waals surface area contributed by atoms with Gasteiger partial charge in [-0.3, -0.25) is 4.79 Å². The van der Waals surface area contributed by atoms with E-state index in [4.69, 9.17) is 5.11 Å². The molecule has 1 aliphatic rings. The molecule has 110 valence electrons. The summed E-state index contributed by atoms with van der Waals surface area (Å²) in [5, 5.41) is 14.4. The number of aliphatic carboxylic acids is 1. The number of carbonyl (C=O) groups is 2. The second-order valence-corrected chi connectivity index (χ2v) is 7.08. The molecule has 0 aromatic carbocycles. The first-order chi connectivity index (χ1) is 8.79. The van der Waals surface area contributed by atoms with E-state index >= 15 is 0 Å². The second-order valence-electron chi connectivity index (χ2n) is 4.82. The predicted octanol–water partition coefficient (Wildman–Crippen LogP) is -0.867. The van der Waals surface area contributed by atoms with Gasteiger partial charge >= 0.3 is 5.97 Å². The van der Waals surface area contributed by atoms with Crippen molar-refractivity contribution >= 4 is 21.7 Å². The van der Waals surface area contributed by atoms with Crippen molar-refractivity contribution in [2.45, 2.75) is 37.8 Å². The summed E-state index contributed by atoms with van der Waals surface area (Å²) in [6, 6.07) is -1.54. The van der Waals surface area contributed by atoms with Crippen LogP contribution in [0.5, 0.6) is 0 Å². The third-order valence-corrected chi connectivity index (χ3v) is 4.00. The monoisotopic (exact) mass is 292 g/mol. The second kappa shape index (κ2) is 6.85. The minimum atomic E-state index is -3.24. The zero-order chi connectivity index (χ0) is 14.5. The lowest BCUT2D eigenvalue weighted by atomic mass is 10.0. The van der Waals surface area contributed by atoms with Gasteiger partial charge in [-0.15, -0.1) is 0 Å². The van der Waals surface area contributed by atoms with Crippen molar-refractivity contribution < 1.29 is 23.1 Å². The van der Waals surface area contributed by atoms with Gasteiger partial charge in [0.05, 0.1) is 11.8 Å². The Morgan fingerprint density at radius 2 is 2.11 bits per heavy atom. The Morgan fingerprint density at radius 3 is 2.58 bits per heavy atom. The van der Waals surface area contributed by atoms with E-state index in [1.807, 2.05) is 0 Å². The molecule has 1 saturated heterocycles. The molecule has 0 spiro atoms. The van der Waals surface area contributed by atoms with E-state index in [9.17, 15) is 18.0 Å². The smallest absolute Gasteiger partial charge is 0.326 e. The summed E-state index contributed by atoms with van der Waals surface area (Å²) in [5.41, 5.74) is 0. The molecule has 7 nitrogen and oxygen atoms in total. The molecule has 0 radical (unpaired) electrons. The average molecular weight is 292 g/mol. The lowest BCUT2D eigenvalue weighted by molar-refractivity contribution is -0.142. The molecule has 3 N–H and O–H groups in total. The van der Waals surface area contributed by atoms with Gasteiger partial charge in [0.2, 0.25) is 5.91 Å². The van der Waals surface area contributed by atoms with Crippen LogP contribution in [-0.4, -0.2) is 56.0 Å². The van der Waals surface area contributed by atoms with Crippen LogP contribution in [0.3, 0.4) is 0 Å². The number of nitrogens with one attached hydrogen (secondary N) is 2. The summed E-state index contributed by atoms with van der Waals surface area (Å²) in [6.45, 7) is 0.735. The molecule has 19 heavy (non-hydrogen) atoms. The molecule has 1 aliphatic heterocycles. The van der Waals surface area contributed by atoms with Crippen LogP contribution in [0, 0.1) is 0 Å². The number of hydrogen-bond acceptors (Lipinski definition) is 5. The molecule has 0 aliphatic carbocycles. The minimum absolute atomic E-state index is 0.118. The van der Waals surface area contributed by atoms with Gasteiger partial charge in [-0.05, 0) is 25.8 Å². The van der Waals surface area contributed by atoms with Crippen molar-refractivity contribution in [1.29, 1.82) is 0 Å². The lowest BCUT2D eigenvalue weighted by Gasteiger charge is -2.24. The number of amides is 1. The van der Waals surface area contributed by atoms with Crippen molar-refractivity contribution in [3.63, 3.8) is 0 Å². The molecular weight excluding hydrogens is 272 g/mol. The van der Waals surface area contributed by atoms with E-state index in [0.717, 1.165) is 25.6 Å². The average Bonchev–Trinajstić information content (AvgIpc) is 2.33. The zero-order valence-electron chi connectivity index (χ0n) is 10.9. The molecule has 8 heteroatoms. The molecule has 2 atom stereocenters. The van der Waals surface area contributed by atoms with E-state index in [1.165, 1.54) is 0 Å². The van der Waals surface area contributed by atoms with Gasteiger partial charge in [0.15, 0.2) is 0 Å². The molecule has 0 aromatic heterocycles. The van der Waals surface area contributed by atoms with Crippen LogP contribution in [0.4, 0.5) is 0 Å². The molecule has 1 heterocycles. The van der Waals surface area contributed by atoms with Gasteiger partial charge in [0.1, 0.15) is 15.9 Å². The first kappa shape index (κ1) is 15.9. The predicted molar refractivity (Wildman–Crippen MR) is 69.5 cm³/mol. The Balaban J connectivity index is 2.52. The van der Waals surface area contributed by atoms with E-state index in [1.54, 1.807) is 0 Å². The van der Waals surface area contributed by atoms with E-state index in [2.05, 4.69) is 10.6 Å².